The van der Waals surface area contributed by atoms with E-state index in [-0.39, 0.29) is 17.6 Å². The van der Waals surface area contributed by atoms with Crippen LogP contribution in [0, 0.1) is 11.7 Å². The van der Waals surface area contributed by atoms with Gasteiger partial charge in [-0.2, -0.15) is 0 Å². The molecule has 1 heterocycles. The number of hydrogen-bond donors (Lipinski definition) is 0. The van der Waals surface area contributed by atoms with E-state index in [0.29, 0.717) is 11.6 Å². The summed E-state index contributed by atoms with van der Waals surface area (Å²) in [6.07, 6.45) is 7.75. The first-order chi connectivity index (χ1) is 10.2. The van der Waals surface area contributed by atoms with Crippen LogP contribution in [0.4, 0.5) is 4.39 Å². The predicted octanol–water partition coefficient (Wildman–Crippen LogP) is 4.05. The van der Waals surface area contributed by atoms with Gasteiger partial charge in [-0.15, -0.1) is 0 Å². The summed E-state index contributed by atoms with van der Waals surface area (Å²) in [5.74, 6) is 0.611. The first kappa shape index (κ1) is 14.7. The lowest BCUT2D eigenvalue weighted by molar-refractivity contribution is 0.0770. The molecule has 2 nitrogen and oxygen atoms in total. The average Bonchev–Trinajstić information content (AvgIpc) is 3.17. The zero-order valence-electron chi connectivity index (χ0n) is 12.7. The average molecular weight is 289 g/mol. The third-order valence-corrected chi connectivity index (χ3v) is 5.29. The maximum absolute atomic E-state index is 13.0. The molecule has 1 aromatic carbocycles. The molecule has 1 aliphatic heterocycles. The number of nitrogens with zero attached hydrogens (tertiary/aromatic N) is 1. The number of ketones is 1. The molecule has 0 aromatic heterocycles. The Labute approximate surface area is 126 Å². The van der Waals surface area contributed by atoms with E-state index < -0.39 is 0 Å². The molecule has 2 atom stereocenters. The molecule has 2 aliphatic rings. The van der Waals surface area contributed by atoms with E-state index in [1.807, 2.05) is 6.92 Å². The molecule has 0 radical (unpaired) electrons. The van der Waals surface area contributed by atoms with Crippen molar-refractivity contribution in [1.82, 2.24) is 4.90 Å². The van der Waals surface area contributed by atoms with Crippen molar-refractivity contribution in [2.45, 2.75) is 57.5 Å². The minimum absolute atomic E-state index is 0.0939. The Kier molecular flexibility index (Phi) is 4.39. The van der Waals surface area contributed by atoms with Gasteiger partial charge < -0.3 is 0 Å². The maximum atomic E-state index is 13.0. The van der Waals surface area contributed by atoms with Crippen molar-refractivity contribution in [3.8, 4) is 0 Å². The van der Waals surface area contributed by atoms with Crippen molar-refractivity contribution in [3.63, 3.8) is 0 Å². The quantitative estimate of drug-likeness (QED) is 0.779. The molecule has 0 bridgehead atoms. The Morgan fingerprint density at radius 2 is 1.81 bits per heavy atom. The van der Waals surface area contributed by atoms with Crippen LogP contribution >= 0.6 is 0 Å². The fraction of sp³-hybridized carbons (Fsp3) is 0.611. The van der Waals surface area contributed by atoms with Gasteiger partial charge in [0.1, 0.15) is 5.82 Å². The van der Waals surface area contributed by atoms with Crippen molar-refractivity contribution >= 4 is 5.78 Å². The summed E-state index contributed by atoms with van der Waals surface area (Å²) in [5, 5.41) is 0. The molecule has 21 heavy (non-hydrogen) atoms. The van der Waals surface area contributed by atoms with E-state index in [1.165, 1.54) is 50.7 Å². The molecule has 3 heteroatoms. The zero-order valence-corrected chi connectivity index (χ0v) is 12.7. The third-order valence-electron chi connectivity index (χ3n) is 5.29. The van der Waals surface area contributed by atoms with Crippen molar-refractivity contribution in [2.75, 3.05) is 6.54 Å². The van der Waals surface area contributed by atoms with Gasteiger partial charge in [0.25, 0.3) is 0 Å². The van der Waals surface area contributed by atoms with Gasteiger partial charge in [-0.05, 0) is 69.3 Å². The molecular formula is C18H24FNO. The van der Waals surface area contributed by atoms with Gasteiger partial charge in [0.2, 0.25) is 0 Å². The third kappa shape index (κ3) is 3.03. The van der Waals surface area contributed by atoms with Crippen molar-refractivity contribution < 1.29 is 9.18 Å². The SMILES string of the molecule is CC(C(=O)c1ccc(F)cc1)N1CCCC1C1CCCC1. The second kappa shape index (κ2) is 6.27. The Bertz CT molecular complexity index is 492. The number of carbonyl (C=O) groups is 1. The van der Waals surface area contributed by atoms with Crippen LogP contribution < -0.4 is 0 Å². The van der Waals surface area contributed by atoms with Crippen molar-refractivity contribution in [3.05, 3.63) is 35.6 Å². The molecule has 0 amide bonds. The molecular weight excluding hydrogens is 265 g/mol. The number of halogens is 1. The molecule has 1 saturated heterocycles. The number of rotatable bonds is 4. The van der Waals surface area contributed by atoms with Gasteiger partial charge >= 0.3 is 0 Å². The van der Waals surface area contributed by atoms with E-state index in [0.717, 1.165) is 12.5 Å². The summed E-state index contributed by atoms with van der Waals surface area (Å²) in [6, 6.07) is 6.44. The predicted molar refractivity (Wildman–Crippen MR) is 81.9 cm³/mol. The molecule has 1 aliphatic carbocycles. The second-order valence-corrected chi connectivity index (χ2v) is 6.54. The minimum atomic E-state index is -0.288. The molecule has 2 fully saturated rings. The number of likely N-dealkylation sites (tertiary alicyclic amines) is 1. The number of Topliss-reactive ketones (excluding diaryl/α,β-unsaturated/α-hetero) is 1. The smallest absolute Gasteiger partial charge is 0.179 e. The second-order valence-electron chi connectivity index (χ2n) is 6.54. The van der Waals surface area contributed by atoms with Gasteiger partial charge in [0, 0.05) is 11.6 Å². The Morgan fingerprint density at radius 3 is 2.48 bits per heavy atom. The largest absolute Gasteiger partial charge is 0.292 e. The molecule has 2 unspecified atom stereocenters. The lowest BCUT2D eigenvalue weighted by Crippen LogP contribution is -2.44. The number of hydrogen-bond acceptors (Lipinski definition) is 2. The van der Waals surface area contributed by atoms with Crippen LogP contribution in [0.25, 0.3) is 0 Å². The summed E-state index contributed by atoms with van der Waals surface area (Å²) < 4.78 is 13.0. The Hall–Kier alpha value is -1.22. The van der Waals surface area contributed by atoms with Gasteiger partial charge in [-0.25, -0.2) is 4.39 Å². The van der Waals surface area contributed by atoms with Gasteiger partial charge in [-0.1, -0.05) is 12.8 Å². The van der Waals surface area contributed by atoms with Crippen molar-refractivity contribution in [1.29, 1.82) is 0 Å². The highest BCUT2D eigenvalue weighted by atomic mass is 19.1. The van der Waals surface area contributed by atoms with Gasteiger partial charge in [0.05, 0.1) is 6.04 Å². The first-order valence-electron chi connectivity index (χ1n) is 8.22. The summed E-state index contributed by atoms with van der Waals surface area (Å²) in [7, 11) is 0. The minimum Gasteiger partial charge on any atom is -0.292 e. The van der Waals surface area contributed by atoms with E-state index in [2.05, 4.69) is 4.90 Å². The highest BCUT2D eigenvalue weighted by Gasteiger charge is 2.37. The molecule has 0 spiro atoms. The normalized spacial score (nSPS) is 25.3. The summed E-state index contributed by atoms with van der Waals surface area (Å²) >= 11 is 0. The Balaban J connectivity index is 1.72. The molecule has 0 N–H and O–H groups in total. The molecule has 1 aromatic rings. The van der Waals surface area contributed by atoms with Crippen molar-refractivity contribution in [2.24, 2.45) is 5.92 Å². The van der Waals surface area contributed by atoms with Crippen LogP contribution in [0.1, 0.15) is 55.8 Å². The number of carbonyl (C=O) groups excluding carboxylic acids is 1. The van der Waals surface area contributed by atoms with Gasteiger partial charge in [0.15, 0.2) is 5.78 Å². The van der Waals surface area contributed by atoms with Gasteiger partial charge in [-0.3, -0.25) is 9.69 Å². The molecule has 3 rings (SSSR count). The maximum Gasteiger partial charge on any atom is 0.179 e. The topological polar surface area (TPSA) is 20.3 Å². The standard InChI is InChI=1S/C18H24FNO/c1-13(18(21)15-8-10-16(19)11-9-15)20-12-4-7-17(20)14-5-2-3-6-14/h8-11,13-14,17H,2-7,12H2,1H3. The highest BCUT2D eigenvalue weighted by molar-refractivity contribution is 5.99. The lowest BCUT2D eigenvalue weighted by atomic mass is 9.94. The van der Waals surface area contributed by atoms with Crippen LogP contribution in [-0.2, 0) is 0 Å². The van der Waals surface area contributed by atoms with Crippen LogP contribution in [0.3, 0.4) is 0 Å². The monoisotopic (exact) mass is 289 g/mol. The highest BCUT2D eigenvalue weighted by Crippen LogP contribution is 2.36. The number of benzene rings is 1. The molecule has 1 saturated carbocycles. The molecule has 114 valence electrons. The van der Waals surface area contributed by atoms with E-state index in [4.69, 9.17) is 0 Å². The summed E-state index contributed by atoms with van der Waals surface area (Å²) in [6.45, 7) is 3.04. The summed E-state index contributed by atoms with van der Waals surface area (Å²) in [5.41, 5.74) is 0.626. The summed E-state index contributed by atoms with van der Waals surface area (Å²) in [4.78, 5) is 15.0. The van der Waals surface area contributed by atoms with Crippen LogP contribution in [-0.4, -0.2) is 29.3 Å². The zero-order chi connectivity index (χ0) is 14.8. The Morgan fingerprint density at radius 1 is 1.14 bits per heavy atom. The van der Waals surface area contributed by atoms with E-state index >= 15 is 0 Å². The fourth-order valence-electron chi connectivity index (χ4n) is 4.15. The lowest BCUT2D eigenvalue weighted by Gasteiger charge is -2.33. The fourth-order valence-corrected chi connectivity index (χ4v) is 4.15. The van der Waals surface area contributed by atoms with E-state index in [1.54, 1.807) is 12.1 Å². The van der Waals surface area contributed by atoms with Crippen LogP contribution in [0.5, 0.6) is 0 Å². The van der Waals surface area contributed by atoms with E-state index in [9.17, 15) is 9.18 Å². The first-order valence-corrected chi connectivity index (χ1v) is 8.22. The van der Waals surface area contributed by atoms with Crippen LogP contribution in [0.15, 0.2) is 24.3 Å². The van der Waals surface area contributed by atoms with Crippen LogP contribution in [0.2, 0.25) is 0 Å².